The lowest BCUT2D eigenvalue weighted by molar-refractivity contribution is 0.669. The fraction of sp³-hybridized carbons (Fsp3) is 0. The Bertz CT molecular complexity index is 4030. The van der Waals surface area contributed by atoms with Crippen LogP contribution in [0.5, 0.6) is 0 Å². The second-order valence-electron chi connectivity index (χ2n) is 9.57. The average Bonchev–Trinajstić information content (AvgIpc) is 3.77. The quantitative estimate of drug-likeness (QED) is 0.190. The zero-order valence-corrected chi connectivity index (χ0v) is 23.2. The molecule has 4 nitrogen and oxygen atoms in total. The number of hydrogen-bond donors (Lipinski definition) is 0. The van der Waals surface area contributed by atoms with Gasteiger partial charge in [0.25, 0.3) is 0 Å². The zero-order valence-electron chi connectivity index (χ0n) is 50.2. The zero-order chi connectivity index (χ0) is 54.7. The number of nitrogens with zero attached hydrogens (tertiary/aromatic N) is 3. The lowest BCUT2D eigenvalue weighted by atomic mass is 9.99. The molecule has 0 aliphatic heterocycles. The Hall–Kier alpha value is -6.39. The summed E-state index contributed by atoms with van der Waals surface area (Å²) in [5.41, 5.74) is -6.14. The lowest BCUT2D eigenvalue weighted by Crippen LogP contribution is -2.00. The molecule has 0 N–H and O–H groups in total. The van der Waals surface area contributed by atoms with Gasteiger partial charge in [0.2, 0.25) is 0 Å². The second kappa shape index (κ2) is 11.2. The largest absolute Gasteiger partial charge is 0.456 e. The van der Waals surface area contributed by atoms with Crippen LogP contribution in [-0.2, 0) is 0 Å². The van der Waals surface area contributed by atoms with Crippen LogP contribution in [0.1, 0.15) is 37.0 Å². The van der Waals surface area contributed by atoms with E-state index in [-0.39, 0.29) is 0 Å². The molecule has 0 saturated heterocycles. The van der Waals surface area contributed by atoms with Gasteiger partial charge < -0.3 is 4.42 Å². The molecule has 0 bridgehead atoms. The number of furan rings is 1. The highest BCUT2D eigenvalue weighted by Gasteiger charge is 2.17. The standard InChI is InChI=1S/C43H27N3O/c1-4-11-28(12-5-1)31-19-20-33-26-34(22-21-32(33)25-31)42-44-41(30-15-8-3-9-16-30)45-43(46-42)35-23-24-37-39(27-35)47-38-18-10-17-36(40(37)38)29-13-6-2-7-14-29/h1-27H/i1D,2D,3D,4D,5D,6D,7D,8D,9D,10D,11D,12D,13D,14D,15D,16D,17D,18D,19D,20D,21D,22D,23D,24D,25D,26D,27D. The minimum absolute atomic E-state index is 0.459. The van der Waals surface area contributed by atoms with Gasteiger partial charge in [-0.15, -0.1) is 0 Å². The fourth-order valence-electron chi connectivity index (χ4n) is 4.68. The first kappa shape index (κ1) is 11.1. The van der Waals surface area contributed by atoms with Crippen LogP contribution in [0.2, 0.25) is 0 Å². The molecule has 47 heavy (non-hydrogen) atoms. The first-order valence-corrected chi connectivity index (χ1v) is 13.5. The van der Waals surface area contributed by atoms with Crippen LogP contribution < -0.4 is 0 Å². The molecule has 0 aliphatic rings. The SMILES string of the molecule is [2H]c1c([2H])c([2H])c(-c2nc(-c3c([2H])c([2H])c4c(oc5c([2H])c([2H])c([2H])c(-c6c([2H])c([2H])c([2H])c([2H])c6[2H])c54)c3[2H])nc(-c3c([2H])c([2H])c4c([2H])c(-c5c([2H])c([2H])c([2H])c([2H])c5[2H])c([2H])c([2H])c4c3[2H])n2)c([2H])c1[2H]. The Morgan fingerprint density at radius 1 is 0.383 bits per heavy atom. The molecule has 4 heteroatoms. The lowest BCUT2D eigenvalue weighted by Gasteiger charge is -2.10. The van der Waals surface area contributed by atoms with Crippen molar-refractivity contribution in [2.24, 2.45) is 0 Å². The molecule has 9 rings (SSSR count). The molecule has 0 unspecified atom stereocenters. The Labute approximate surface area is 309 Å². The number of aromatic nitrogens is 3. The molecule has 0 amide bonds. The van der Waals surface area contributed by atoms with Crippen molar-refractivity contribution in [1.29, 1.82) is 0 Å². The van der Waals surface area contributed by atoms with Gasteiger partial charge in [0.05, 0.1) is 37.0 Å². The molecule has 0 fully saturated rings. The summed E-state index contributed by atoms with van der Waals surface area (Å²) in [5, 5.41) is -2.31. The molecule has 2 heterocycles. The first-order chi connectivity index (χ1) is 34.5. The molecule has 0 atom stereocenters. The summed E-state index contributed by atoms with van der Waals surface area (Å²) in [6, 6.07) is -23.7. The van der Waals surface area contributed by atoms with E-state index in [2.05, 4.69) is 15.0 Å². The van der Waals surface area contributed by atoms with Crippen molar-refractivity contribution in [3.63, 3.8) is 0 Å². The Morgan fingerprint density at radius 3 is 1.60 bits per heavy atom. The number of benzene rings is 7. The number of fused-ring (bicyclic) bond motifs is 4. The molecule has 7 aromatic carbocycles. The molecule has 220 valence electrons. The summed E-state index contributed by atoms with van der Waals surface area (Å²) in [4.78, 5) is 12.9. The molecule has 0 aliphatic carbocycles. The molecule has 9 aromatic rings. The van der Waals surface area contributed by atoms with Crippen molar-refractivity contribution in [1.82, 2.24) is 15.0 Å². The van der Waals surface area contributed by atoms with Crippen LogP contribution in [0.4, 0.5) is 0 Å². The van der Waals surface area contributed by atoms with E-state index < -0.39 is 252 Å². The Balaban J connectivity index is 1.41. The maximum absolute atomic E-state index is 9.47. The van der Waals surface area contributed by atoms with Gasteiger partial charge in [-0.05, 0) is 63.2 Å². The van der Waals surface area contributed by atoms with E-state index in [0.717, 1.165) is 0 Å². The van der Waals surface area contributed by atoms with Gasteiger partial charge in [-0.2, -0.15) is 0 Å². The maximum Gasteiger partial charge on any atom is 0.164 e. The molecule has 0 radical (unpaired) electrons. The molecular weight excluding hydrogens is 574 g/mol. The highest BCUT2D eigenvalue weighted by atomic mass is 16.3. The molecule has 0 spiro atoms. The fourth-order valence-corrected chi connectivity index (χ4v) is 4.68. The summed E-state index contributed by atoms with van der Waals surface area (Å²) in [6.45, 7) is 0. The third-order valence-corrected chi connectivity index (χ3v) is 6.75. The van der Waals surface area contributed by atoms with Crippen molar-refractivity contribution in [3.8, 4) is 56.4 Å². The summed E-state index contributed by atoms with van der Waals surface area (Å²) in [6.07, 6.45) is 0. The Morgan fingerprint density at radius 2 is 0.915 bits per heavy atom. The van der Waals surface area contributed by atoms with E-state index in [1.165, 1.54) is 0 Å². The highest BCUT2D eigenvalue weighted by molar-refractivity contribution is 6.13. The second-order valence-corrected chi connectivity index (χ2v) is 9.57. The van der Waals surface area contributed by atoms with Gasteiger partial charge in [-0.25, -0.2) is 15.0 Å². The molecular formula is C43H27N3O. The third-order valence-electron chi connectivity index (χ3n) is 6.75. The molecule has 2 aromatic heterocycles. The summed E-state index contributed by atoms with van der Waals surface area (Å²) < 4.78 is 241. The minimum Gasteiger partial charge on any atom is -0.456 e. The van der Waals surface area contributed by atoms with Gasteiger partial charge in [-0.3, -0.25) is 0 Å². The minimum atomic E-state index is -0.990. The van der Waals surface area contributed by atoms with E-state index in [0.29, 0.717) is 0 Å². The topological polar surface area (TPSA) is 51.8 Å². The Kier molecular flexibility index (Phi) is 2.66. The van der Waals surface area contributed by atoms with Crippen LogP contribution in [0.25, 0.3) is 89.1 Å². The van der Waals surface area contributed by atoms with E-state index in [1.54, 1.807) is 0 Å². The van der Waals surface area contributed by atoms with Gasteiger partial charge in [0, 0.05) is 27.5 Å². The van der Waals surface area contributed by atoms with Gasteiger partial charge in [0.1, 0.15) is 11.2 Å². The third kappa shape index (κ3) is 4.93. The predicted octanol–water partition coefficient (Wildman–Crippen LogP) is 11.3. The van der Waals surface area contributed by atoms with Crippen molar-refractivity contribution in [2.75, 3.05) is 0 Å². The summed E-state index contributed by atoms with van der Waals surface area (Å²) in [7, 11) is 0. The number of rotatable bonds is 5. The van der Waals surface area contributed by atoms with Gasteiger partial charge in [0.15, 0.2) is 17.5 Å². The monoisotopic (exact) mass is 628 g/mol. The van der Waals surface area contributed by atoms with Crippen molar-refractivity contribution >= 4 is 32.7 Å². The highest BCUT2D eigenvalue weighted by Crippen LogP contribution is 2.38. The van der Waals surface area contributed by atoms with Gasteiger partial charge in [-0.1, -0.05) is 133 Å². The average molecular weight is 629 g/mol. The summed E-state index contributed by atoms with van der Waals surface area (Å²) in [5.74, 6) is -2.54. The van der Waals surface area contributed by atoms with Crippen molar-refractivity contribution < 1.29 is 41.4 Å². The normalized spacial score (nSPS) is 19.4. The van der Waals surface area contributed by atoms with Crippen LogP contribution in [0, 0.1) is 0 Å². The summed E-state index contributed by atoms with van der Waals surface area (Å²) >= 11 is 0. The van der Waals surface area contributed by atoms with Crippen LogP contribution in [0.3, 0.4) is 0 Å². The van der Waals surface area contributed by atoms with E-state index in [4.69, 9.17) is 34.6 Å². The predicted molar refractivity (Wildman–Crippen MR) is 192 cm³/mol. The van der Waals surface area contributed by atoms with Gasteiger partial charge >= 0.3 is 0 Å². The van der Waals surface area contributed by atoms with Crippen molar-refractivity contribution in [2.45, 2.75) is 0 Å². The first-order valence-electron chi connectivity index (χ1n) is 27.0. The van der Waals surface area contributed by atoms with E-state index in [1.807, 2.05) is 0 Å². The van der Waals surface area contributed by atoms with Crippen LogP contribution in [0.15, 0.2) is 168 Å². The van der Waals surface area contributed by atoms with Crippen LogP contribution in [-0.4, -0.2) is 15.0 Å². The van der Waals surface area contributed by atoms with E-state index in [9.17, 15) is 6.85 Å². The molecule has 0 saturated carbocycles. The maximum atomic E-state index is 9.47. The smallest absolute Gasteiger partial charge is 0.164 e. The van der Waals surface area contributed by atoms with Crippen LogP contribution >= 0.6 is 0 Å². The number of hydrogen-bond acceptors (Lipinski definition) is 4. The van der Waals surface area contributed by atoms with E-state index >= 15 is 0 Å². The van der Waals surface area contributed by atoms with Crippen molar-refractivity contribution in [3.05, 3.63) is 163 Å².